The molecule has 0 saturated heterocycles. The van der Waals surface area contributed by atoms with Gasteiger partial charge < -0.3 is 5.73 Å². The van der Waals surface area contributed by atoms with Gasteiger partial charge in [0.1, 0.15) is 17.3 Å². The van der Waals surface area contributed by atoms with Crippen molar-refractivity contribution in [3.8, 4) is 0 Å². The number of benzene rings is 1. The Hall–Kier alpha value is -1.45. The molecule has 0 radical (unpaired) electrons. The van der Waals surface area contributed by atoms with Crippen molar-refractivity contribution in [3.63, 3.8) is 0 Å². The van der Waals surface area contributed by atoms with Gasteiger partial charge in [-0.2, -0.15) is 0 Å². The Bertz CT molecular complexity index is 334. The average molecular weight is 184 g/mol. The van der Waals surface area contributed by atoms with Gasteiger partial charge >= 0.3 is 0 Å². The topological polar surface area (TPSA) is 38.4 Å². The number of aliphatic imine (C=N–C) groups is 1. The molecule has 0 amide bonds. The lowest BCUT2D eigenvalue weighted by Crippen LogP contribution is -2.08. The van der Waals surface area contributed by atoms with Crippen LogP contribution in [0.15, 0.2) is 23.2 Å². The van der Waals surface area contributed by atoms with Crippen molar-refractivity contribution in [2.45, 2.75) is 13.3 Å². The summed E-state index contributed by atoms with van der Waals surface area (Å²) >= 11 is 0. The molecular weight excluding hydrogens is 174 g/mol. The average Bonchev–Trinajstić information content (AvgIpc) is 2.11. The molecule has 0 aliphatic rings. The molecule has 0 fully saturated rings. The van der Waals surface area contributed by atoms with Crippen molar-refractivity contribution >= 4 is 11.5 Å². The quantitative estimate of drug-likeness (QED) is 0.556. The lowest BCUT2D eigenvalue weighted by molar-refractivity contribution is 0.602. The van der Waals surface area contributed by atoms with Gasteiger partial charge in [0.15, 0.2) is 0 Å². The van der Waals surface area contributed by atoms with Crippen LogP contribution in [-0.4, -0.2) is 5.84 Å². The highest BCUT2D eigenvalue weighted by molar-refractivity contribution is 5.82. The van der Waals surface area contributed by atoms with Gasteiger partial charge in [-0.1, -0.05) is 6.92 Å². The molecule has 13 heavy (non-hydrogen) atoms. The van der Waals surface area contributed by atoms with Gasteiger partial charge in [0.2, 0.25) is 0 Å². The molecule has 1 aromatic carbocycles. The van der Waals surface area contributed by atoms with Crippen molar-refractivity contribution in [1.82, 2.24) is 0 Å². The fourth-order valence-electron chi connectivity index (χ4n) is 0.805. The van der Waals surface area contributed by atoms with Crippen LogP contribution in [0.3, 0.4) is 0 Å². The van der Waals surface area contributed by atoms with E-state index in [0.29, 0.717) is 6.42 Å². The van der Waals surface area contributed by atoms with Gasteiger partial charge in [-0.15, -0.1) is 0 Å². The van der Waals surface area contributed by atoms with Crippen LogP contribution in [0.25, 0.3) is 0 Å². The maximum absolute atomic E-state index is 12.9. The lowest BCUT2D eigenvalue weighted by Gasteiger charge is -1.98. The molecule has 0 atom stereocenters. The van der Waals surface area contributed by atoms with Crippen molar-refractivity contribution in [2.24, 2.45) is 10.7 Å². The second kappa shape index (κ2) is 3.98. The lowest BCUT2D eigenvalue weighted by atomic mass is 10.3. The summed E-state index contributed by atoms with van der Waals surface area (Å²) in [7, 11) is 0. The van der Waals surface area contributed by atoms with Crippen LogP contribution < -0.4 is 5.73 Å². The first-order valence-corrected chi connectivity index (χ1v) is 3.91. The van der Waals surface area contributed by atoms with Crippen LogP contribution in [0.1, 0.15) is 13.3 Å². The molecule has 2 nitrogen and oxygen atoms in total. The Morgan fingerprint density at radius 2 is 2.15 bits per heavy atom. The Labute approximate surface area is 75.1 Å². The normalized spacial score (nSPS) is 11.8. The smallest absolute Gasteiger partial charge is 0.149 e. The predicted octanol–water partition coefficient (Wildman–Crippen LogP) is 2.36. The molecule has 0 saturated carbocycles. The third kappa shape index (κ3) is 2.50. The Kier molecular flexibility index (Phi) is 2.95. The third-order valence-electron chi connectivity index (χ3n) is 1.53. The van der Waals surface area contributed by atoms with Gasteiger partial charge in [-0.25, -0.2) is 13.8 Å². The Balaban J connectivity index is 3.07. The molecule has 0 bridgehead atoms. The van der Waals surface area contributed by atoms with Crippen molar-refractivity contribution in [3.05, 3.63) is 29.8 Å². The third-order valence-corrected chi connectivity index (χ3v) is 1.53. The van der Waals surface area contributed by atoms with E-state index in [1.165, 1.54) is 0 Å². The zero-order valence-corrected chi connectivity index (χ0v) is 7.22. The van der Waals surface area contributed by atoms with E-state index in [2.05, 4.69) is 4.99 Å². The minimum absolute atomic E-state index is 0.0562. The van der Waals surface area contributed by atoms with Crippen molar-refractivity contribution in [2.75, 3.05) is 0 Å². The van der Waals surface area contributed by atoms with Gasteiger partial charge in [0.25, 0.3) is 0 Å². The first kappa shape index (κ1) is 9.64. The zero-order chi connectivity index (χ0) is 9.84. The van der Waals surface area contributed by atoms with Crippen LogP contribution in [-0.2, 0) is 0 Å². The number of hydrogen-bond acceptors (Lipinski definition) is 1. The molecule has 2 N–H and O–H groups in total. The monoisotopic (exact) mass is 184 g/mol. The second-order valence-corrected chi connectivity index (χ2v) is 2.55. The van der Waals surface area contributed by atoms with E-state index in [0.717, 1.165) is 18.2 Å². The van der Waals surface area contributed by atoms with E-state index >= 15 is 0 Å². The summed E-state index contributed by atoms with van der Waals surface area (Å²) in [5, 5.41) is 0. The largest absolute Gasteiger partial charge is 0.387 e. The van der Waals surface area contributed by atoms with E-state index in [1.807, 2.05) is 0 Å². The molecule has 0 aliphatic heterocycles. The summed E-state index contributed by atoms with van der Waals surface area (Å²) in [5.41, 5.74) is 5.33. The molecule has 1 rings (SSSR count). The fraction of sp³-hybridized carbons (Fsp3) is 0.222. The SMILES string of the molecule is CCC(N)=Nc1cc(F)ccc1F. The molecule has 0 aliphatic carbocycles. The van der Waals surface area contributed by atoms with Crippen LogP contribution >= 0.6 is 0 Å². The first-order valence-electron chi connectivity index (χ1n) is 3.91. The number of hydrogen-bond donors (Lipinski definition) is 1. The zero-order valence-electron chi connectivity index (χ0n) is 7.22. The highest BCUT2D eigenvalue weighted by Gasteiger charge is 2.02. The number of nitrogens with two attached hydrogens (primary N) is 1. The highest BCUT2D eigenvalue weighted by Crippen LogP contribution is 2.18. The summed E-state index contributed by atoms with van der Waals surface area (Å²) in [6.45, 7) is 1.79. The highest BCUT2D eigenvalue weighted by atomic mass is 19.1. The van der Waals surface area contributed by atoms with E-state index in [-0.39, 0.29) is 11.5 Å². The minimum atomic E-state index is -0.571. The van der Waals surface area contributed by atoms with Gasteiger partial charge in [0, 0.05) is 12.5 Å². The summed E-state index contributed by atoms with van der Waals surface area (Å²) in [6, 6.07) is 3.07. The van der Waals surface area contributed by atoms with Gasteiger partial charge in [0.05, 0.1) is 5.84 Å². The van der Waals surface area contributed by atoms with Crippen LogP contribution in [0.5, 0.6) is 0 Å². The molecule has 0 spiro atoms. The molecular formula is C9H10F2N2. The number of halogens is 2. The molecule has 4 heteroatoms. The molecule has 0 aromatic heterocycles. The molecule has 70 valence electrons. The molecule has 0 heterocycles. The van der Waals surface area contributed by atoms with E-state index in [1.54, 1.807) is 6.92 Å². The summed E-state index contributed by atoms with van der Waals surface area (Å²) in [4.78, 5) is 3.72. The summed E-state index contributed by atoms with van der Waals surface area (Å²) < 4.78 is 25.6. The standard InChI is InChI=1S/C9H10F2N2/c1-2-9(12)13-8-5-6(10)3-4-7(8)11/h3-5H,2H2,1H3,(H2,12,13). The van der Waals surface area contributed by atoms with Crippen molar-refractivity contribution in [1.29, 1.82) is 0 Å². The molecule has 1 aromatic rings. The summed E-state index contributed by atoms with van der Waals surface area (Å²) in [5.74, 6) is -0.814. The Morgan fingerprint density at radius 3 is 2.77 bits per heavy atom. The summed E-state index contributed by atoms with van der Waals surface area (Å²) in [6.07, 6.45) is 0.510. The maximum atomic E-state index is 12.9. The van der Waals surface area contributed by atoms with Crippen LogP contribution in [0.2, 0.25) is 0 Å². The van der Waals surface area contributed by atoms with Crippen LogP contribution in [0.4, 0.5) is 14.5 Å². The minimum Gasteiger partial charge on any atom is -0.387 e. The van der Waals surface area contributed by atoms with Gasteiger partial charge in [-0.3, -0.25) is 0 Å². The first-order chi connectivity index (χ1) is 6.13. The molecule has 0 unspecified atom stereocenters. The van der Waals surface area contributed by atoms with Crippen LogP contribution in [0, 0.1) is 11.6 Å². The number of rotatable bonds is 2. The second-order valence-electron chi connectivity index (χ2n) is 2.55. The predicted molar refractivity (Wildman–Crippen MR) is 47.9 cm³/mol. The number of nitrogens with zero attached hydrogens (tertiary/aromatic N) is 1. The van der Waals surface area contributed by atoms with Crippen molar-refractivity contribution < 1.29 is 8.78 Å². The Morgan fingerprint density at radius 1 is 1.46 bits per heavy atom. The van der Waals surface area contributed by atoms with E-state index in [4.69, 9.17) is 5.73 Å². The van der Waals surface area contributed by atoms with Gasteiger partial charge in [-0.05, 0) is 12.1 Å². The number of amidine groups is 1. The fourth-order valence-corrected chi connectivity index (χ4v) is 0.805. The van der Waals surface area contributed by atoms with E-state index < -0.39 is 11.6 Å². The maximum Gasteiger partial charge on any atom is 0.149 e. The van der Waals surface area contributed by atoms with E-state index in [9.17, 15) is 8.78 Å².